The van der Waals surface area contributed by atoms with E-state index in [2.05, 4.69) is 283 Å². The zero-order valence-electron chi connectivity index (χ0n) is 45.2. The molecule has 0 aliphatic carbocycles. The van der Waals surface area contributed by atoms with E-state index in [1.165, 1.54) is 38.8 Å². The van der Waals surface area contributed by atoms with E-state index in [1.54, 1.807) is 0 Å². The number of imidazole rings is 1. The summed E-state index contributed by atoms with van der Waals surface area (Å²) in [7, 11) is 0. The van der Waals surface area contributed by atoms with Crippen molar-refractivity contribution in [3.05, 3.63) is 209 Å². The lowest BCUT2D eigenvalue weighted by Crippen LogP contribution is -2.41. The quantitative estimate of drug-likeness (QED) is 0.107. The lowest BCUT2D eigenvalue weighted by atomic mass is 9.75. The number of benzene rings is 6. The molecule has 0 fully saturated rings. The SMILES string of the molecule is CC(C)(C)c1cc(Oc2ccc3c4cc(C(C)(C)C)ccc4n(-c4cc(C(C)(C)C)ccn4)c3c2)cc(-n2[c-][n+](-c3cc(C(C)(C)C)cc(C(C)(C)c4ccccc4)c3)c(C(C)(C)c3ccccc3)c2)c1. The third kappa shape index (κ3) is 9.61. The van der Waals surface area contributed by atoms with Crippen LogP contribution in [0.3, 0.4) is 0 Å². The van der Waals surface area contributed by atoms with Crippen LogP contribution in [-0.2, 0) is 32.5 Å². The average molecular weight is 939 g/mol. The summed E-state index contributed by atoms with van der Waals surface area (Å²) in [4.78, 5) is 4.99. The van der Waals surface area contributed by atoms with E-state index in [1.807, 2.05) is 6.20 Å². The van der Waals surface area contributed by atoms with Gasteiger partial charge in [-0.05, 0) is 127 Å². The van der Waals surface area contributed by atoms with Gasteiger partial charge in [0, 0.05) is 40.1 Å². The highest BCUT2D eigenvalue weighted by Gasteiger charge is 2.32. The molecule has 0 amide bonds. The Morgan fingerprint density at radius 3 is 1.63 bits per heavy atom. The van der Waals surface area contributed by atoms with E-state index >= 15 is 0 Å². The van der Waals surface area contributed by atoms with Crippen LogP contribution in [0.5, 0.6) is 11.5 Å². The monoisotopic (exact) mass is 939 g/mol. The molecule has 0 spiro atoms. The molecule has 0 saturated heterocycles. The van der Waals surface area contributed by atoms with Gasteiger partial charge < -0.3 is 4.74 Å². The Balaban J connectivity index is 1.22. The van der Waals surface area contributed by atoms with Gasteiger partial charge in [0.1, 0.15) is 17.3 Å². The Bertz CT molecular complexity index is 3410. The minimum Gasteiger partial charge on any atom is -0.458 e. The van der Waals surface area contributed by atoms with Crippen LogP contribution in [0.25, 0.3) is 39.0 Å². The fourth-order valence-corrected chi connectivity index (χ4v) is 9.83. The normalized spacial score (nSPS) is 13.1. The summed E-state index contributed by atoms with van der Waals surface area (Å²) in [6.07, 6.45) is 8.14. The van der Waals surface area contributed by atoms with E-state index in [9.17, 15) is 0 Å². The molecule has 0 radical (unpaired) electrons. The minimum atomic E-state index is -0.389. The van der Waals surface area contributed by atoms with E-state index in [0.29, 0.717) is 0 Å². The molecule has 3 aromatic heterocycles. The van der Waals surface area contributed by atoms with Gasteiger partial charge >= 0.3 is 0 Å². The lowest BCUT2D eigenvalue weighted by molar-refractivity contribution is -0.611. The third-order valence-corrected chi connectivity index (χ3v) is 14.8. The van der Waals surface area contributed by atoms with Crippen molar-refractivity contribution < 1.29 is 9.30 Å². The minimum absolute atomic E-state index is 0.000978. The Morgan fingerprint density at radius 1 is 0.437 bits per heavy atom. The molecular weight excluding hydrogens is 865 g/mol. The fraction of sp³-hybridized carbons (Fsp3) is 0.333. The second-order valence-electron chi connectivity index (χ2n) is 25.0. The van der Waals surface area contributed by atoms with Crippen molar-refractivity contribution >= 4 is 21.8 Å². The van der Waals surface area contributed by atoms with Crippen LogP contribution in [0.15, 0.2) is 158 Å². The molecule has 9 rings (SSSR count). The Hall–Kier alpha value is -6.72. The zero-order valence-corrected chi connectivity index (χ0v) is 45.2. The van der Waals surface area contributed by atoms with Crippen molar-refractivity contribution in [3.8, 4) is 28.7 Å². The summed E-state index contributed by atoms with van der Waals surface area (Å²) >= 11 is 0. The standard InChI is InChI=1S/C66H74N4O/c1-61(2,3)46-27-30-57-56(38-46)55-29-28-53(41-58(55)70(57)60-39-47(31-32-67-60)62(4,5)6)71-54-37-49(64(10,11)12)34-51(40-54)68-42-59(66(15,16)45-25-21-18-22-26-45)69(43-68)52-35-48(63(7,8)9)33-50(36-52)65(13,14)44-23-19-17-20-24-44/h17-42H,1-16H3. The predicted octanol–water partition coefficient (Wildman–Crippen LogP) is 16.7. The average Bonchev–Trinajstić information content (AvgIpc) is 3.92. The summed E-state index contributed by atoms with van der Waals surface area (Å²) in [5.74, 6) is 2.41. The van der Waals surface area contributed by atoms with Crippen molar-refractivity contribution in [2.24, 2.45) is 0 Å². The van der Waals surface area contributed by atoms with Crippen molar-refractivity contribution in [2.75, 3.05) is 0 Å². The number of pyridine rings is 1. The van der Waals surface area contributed by atoms with Crippen molar-refractivity contribution in [3.63, 3.8) is 0 Å². The van der Waals surface area contributed by atoms with Gasteiger partial charge in [0.05, 0.1) is 28.1 Å². The van der Waals surface area contributed by atoms with E-state index in [-0.39, 0.29) is 32.5 Å². The van der Waals surface area contributed by atoms with Gasteiger partial charge in [-0.3, -0.25) is 13.7 Å². The van der Waals surface area contributed by atoms with Gasteiger partial charge in [0.15, 0.2) is 0 Å². The summed E-state index contributed by atoms with van der Waals surface area (Å²) in [5, 5.41) is 2.37. The Morgan fingerprint density at radius 2 is 1.01 bits per heavy atom. The summed E-state index contributed by atoms with van der Waals surface area (Å²) < 4.78 is 13.9. The first-order valence-corrected chi connectivity index (χ1v) is 25.4. The highest BCUT2D eigenvalue weighted by atomic mass is 16.5. The summed E-state index contributed by atoms with van der Waals surface area (Å²) in [6.45, 7) is 36.6. The van der Waals surface area contributed by atoms with Crippen molar-refractivity contribution in [1.82, 2.24) is 14.1 Å². The molecule has 0 bridgehead atoms. The first-order chi connectivity index (χ1) is 33.2. The highest BCUT2D eigenvalue weighted by Crippen LogP contribution is 2.41. The van der Waals surface area contributed by atoms with Crippen LogP contribution in [0, 0.1) is 6.33 Å². The lowest BCUT2D eigenvalue weighted by Gasteiger charge is -2.31. The molecule has 0 aliphatic heterocycles. The van der Waals surface area contributed by atoms with Crippen LogP contribution < -0.4 is 9.30 Å². The van der Waals surface area contributed by atoms with Gasteiger partial charge in [-0.25, -0.2) is 4.98 Å². The summed E-state index contributed by atoms with van der Waals surface area (Å²) in [5.41, 5.74) is 13.2. The second kappa shape index (κ2) is 17.5. The van der Waals surface area contributed by atoms with Gasteiger partial charge in [-0.15, -0.1) is 0 Å². The van der Waals surface area contributed by atoms with Crippen LogP contribution in [-0.4, -0.2) is 14.1 Å². The number of hydrogen-bond donors (Lipinski definition) is 0. The molecule has 5 heteroatoms. The molecule has 0 saturated carbocycles. The molecule has 3 heterocycles. The number of aromatic nitrogens is 4. The third-order valence-electron chi connectivity index (χ3n) is 14.8. The number of ether oxygens (including phenoxy) is 1. The Labute approximate surface area is 424 Å². The van der Waals surface area contributed by atoms with Crippen LogP contribution in [0.1, 0.15) is 155 Å². The maximum absolute atomic E-state index is 7.07. The van der Waals surface area contributed by atoms with Crippen LogP contribution >= 0.6 is 0 Å². The molecule has 364 valence electrons. The maximum Gasteiger partial charge on any atom is 0.269 e. The van der Waals surface area contributed by atoms with E-state index in [4.69, 9.17) is 9.72 Å². The van der Waals surface area contributed by atoms with Crippen molar-refractivity contribution in [1.29, 1.82) is 0 Å². The molecule has 0 unspecified atom stereocenters. The first-order valence-electron chi connectivity index (χ1n) is 25.4. The van der Waals surface area contributed by atoms with Gasteiger partial charge in [0.2, 0.25) is 0 Å². The van der Waals surface area contributed by atoms with Crippen LogP contribution in [0.2, 0.25) is 0 Å². The van der Waals surface area contributed by atoms with Gasteiger partial charge in [-0.2, -0.15) is 0 Å². The van der Waals surface area contributed by atoms with Gasteiger partial charge in [-0.1, -0.05) is 184 Å². The molecule has 6 aromatic carbocycles. The fourth-order valence-electron chi connectivity index (χ4n) is 9.83. The molecule has 9 aromatic rings. The number of nitrogens with zero attached hydrogens (tertiary/aromatic N) is 4. The van der Waals surface area contributed by atoms with E-state index < -0.39 is 0 Å². The van der Waals surface area contributed by atoms with Crippen LogP contribution in [0.4, 0.5) is 0 Å². The highest BCUT2D eigenvalue weighted by molar-refractivity contribution is 6.09. The first kappa shape index (κ1) is 49.3. The second-order valence-corrected chi connectivity index (χ2v) is 25.0. The predicted molar refractivity (Wildman–Crippen MR) is 297 cm³/mol. The molecule has 0 atom stereocenters. The molecule has 0 aliphatic rings. The smallest absolute Gasteiger partial charge is 0.269 e. The number of hydrogen-bond acceptors (Lipinski definition) is 2. The summed E-state index contributed by atoms with van der Waals surface area (Å²) in [6, 6.07) is 53.3. The molecular formula is C66H74N4O. The van der Waals surface area contributed by atoms with E-state index in [0.717, 1.165) is 56.4 Å². The molecule has 0 N–H and O–H groups in total. The van der Waals surface area contributed by atoms with Crippen molar-refractivity contribution in [2.45, 2.75) is 143 Å². The number of fused-ring (bicyclic) bond motifs is 3. The Kier molecular flexibility index (Phi) is 12.2. The molecule has 5 nitrogen and oxygen atoms in total. The maximum atomic E-state index is 7.07. The van der Waals surface area contributed by atoms with Gasteiger partial charge in [0.25, 0.3) is 6.33 Å². The topological polar surface area (TPSA) is 35.9 Å². The number of rotatable bonds is 9. The molecule has 71 heavy (non-hydrogen) atoms. The zero-order chi connectivity index (χ0) is 51.1. The largest absolute Gasteiger partial charge is 0.458 e.